The van der Waals surface area contributed by atoms with Crippen LogP contribution in [0.3, 0.4) is 0 Å². The first kappa shape index (κ1) is 16.7. The monoisotopic (exact) mass is 361 g/mol. The summed E-state index contributed by atoms with van der Waals surface area (Å²) in [4.78, 5) is 21.7. The summed E-state index contributed by atoms with van der Waals surface area (Å²) in [5.41, 5.74) is 1.02. The van der Waals surface area contributed by atoms with E-state index in [-0.39, 0.29) is 18.1 Å². The molecule has 0 N–H and O–H groups in total. The number of amides is 1. The second kappa shape index (κ2) is 6.86. The van der Waals surface area contributed by atoms with Crippen LogP contribution in [0.5, 0.6) is 0 Å². The molecular weight excluding hydrogens is 338 g/mol. The van der Waals surface area contributed by atoms with Crippen molar-refractivity contribution in [3.63, 3.8) is 0 Å². The Morgan fingerprint density at radius 2 is 2.24 bits per heavy atom. The molecule has 0 radical (unpaired) electrons. The van der Waals surface area contributed by atoms with Crippen LogP contribution in [-0.2, 0) is 16.6 Å². The van der Waals surface area contributed by atoms with Crippen molar-refractivity contribution in [3.05, 3.63) is 28.3 Å². The summed E-state index contributed by atoms with van der Waals surface area (Å²) in [5, 5.41) is 7.45. The van der Waals surface area contributed by atoms with Gasteiger partial charge in [0.1, 0.15) is 11.1 Å². The number of aromatic nitrogens is 3. The Morgan fingerprint density at radius 1 is 1.36 bits per heavy atom. The van der Waals surface area contributed by atoms with Gasteiger partial charge in [0.2, 0.25) is 5.91 Å². The fraction of sp³-hybridized carbons (Fsp3) is 0.588. The molecule has 1 amide bonds. The molecule has 134 valence electrons. The van der Waals surface area contributed by atoms with E-state index in [4.69, 9.17) is 4.74 Å². The molecule has 0 unspecified atom stereocenters. The number of anilines is 1. The number of piperidine rings is 1. The van der Waals surface area contributed by atoms with Crippen molar-refractivity contribution in [2.24, 2.45) is 7.05 Å². The SMILES string of the molecule is Cc1csc([C@@H]2CN([C@H]3CCCN(c4ccn(C)n4)C3=O)CCO2)n1. The Morgan fingerprint density at radius 3 is 2.96 bits per heavy atom. The average Bonchev–Trinajstić information content (AvgIpc) is 3.24. The van der Waals surface area contributed by atoms with Crippen LogP contribution in [0.4, 0.5) is 5.82 Å². The third kappa shape index (κ3) is 3.33. The van der Waals surface area contributed by atoms with Gasteiger partial charge < -0.3 is 4.74 Å². The van der Waals surface area contributed by atoms with E-state index in [0.717, 1.165) is 49.0 Å². The predicted octanol–water partition coefficient (Wildman–Crippen LogP) is 1.75. The van der Waals surface area contributed by atoms with Crippen molar-refractivity contribution in [1.82, 2.24) is 19.7 Å². The maximum Gasteiger partial charge on any atom is 0.245 e. The van der Waals surface area contributed by atoms with E-state index in [0.29, 0.717) is 6.61 Å². The lowest BCUT2D eigenvalue weighted by Crippen LogP contribution is -2.55. The second-order valence-electron chi connectivity index (χ2n) is 6.68. The summed E-state index contributed by atoms with van der Waals surface area (Å²) < 4.78 is 7.65. The first-order chi connectivity index (χ1) is 12.1. The largest absolute Gasteiger partial charge is 0.368 e. The van der Waals surface area contributed by atoms with Crippen LogP contribution in [0, 0.1) is 6.92 Å². The van der Waals surface area contributed by atoms with Gasteiger partial charge in [0, 0.05) is 50.0 Å². The topological polar surface area (TPSA) is 63.5 Å². The van der Waals surface area contributed by atoms with E-state index in [1.54, 1.807) is 16.0 Å². The molecule has 7 nitrogen and oxygen atoms in total. The fourth-order valence-corrected chi connectivity index (χ4v) is 4.43. The molecular formula is C17H23N5O2S. The van der Waals surface area contributed by atoms with Gasteiger partial charge in [-0.25, -0.2) is 4.98 Å². The van der Waals surface area contributed by atoms with Gasteiger partial charge in [0.15, 0.2) is 5.82 Å². The van der Waals surface area contributed by atoms with Gasteiger partial charge in [-0.2, -0.15) is 5.10 Å². The molecule has 2 aliphatic heterocycles. The maximum atomic E-state index is 13.1. The third-order valence-electron chi connectivity index (χ3n) is 4.84. The maximum absolute atomic E-state index is 13.1. The van der Waals surface area contributed by atoms with Crippen molar-refractivity contribution in [2.75, 3.05) is 31.1 Å². The van der Waals surface area contributed by atoms with Gasteiger partial charge >= 0.3 is 0 Å². The number of ether oxygens (including phenoxy) is 1. The Bertz CT molecular complexity index is 758. The summed E-state index contributed by atoms with van der Waals surface area (Å²) >= 11 is 1.63. The Balaban J connectivity index is 1.49. The fourth-order valence-electron chi connectivity index (χ4n) is 3.59. The number of rotatable bonds is 3. The molecule has 8 heteroatoms. The number of carbonyl (C=O) groups excluding carboxylic acids is 1. The molecule has 4 heterocycles. The molecule has 2 aromatic rings. The Hall–Kier alpha value is -1.77. The summed E-state index contributed by atoms with van der Waals surface area (Å²) in [7, 11) is 1.87. The molecule has 0 bridgehead atoms. The molecule has 4 rings (SSSR count). The van der Waals surface area contributed by atoms with Crippen LogP contribution >= 0.6 is 11.3 Å². The number of aryl methyl sites for hydroxylation is 2. The third-order valence-corrected chi connectivity index (χ3v) is 5.89. The molecule has 0 aliphatic carbocycles. The van der Waals surface area contributed by atoms with Crippen molar-refractivity contribution in [1.29, 1.82) is 0 Å². The van der Waals surface area contributed by atoms with E-state index in [1.165, 1.54) is 0 Å². The van der Waals surface area contributed by atoms with E-state index in [1.807, 2.05) is 36.5 Å². The quantitative estimate of drug-likeness (QED) is 0.833. The molecule has 2 fully saturated rings. The Labute approximate surface area is 151 Å². The molecule has 0 saturated carbocycles. The van der Waals surface area contributed by atoms with Crippen molar-refractivity contribution in [3.8, 4) is 0 Å². The van der Waals surface area contributed by atoms with Crippen molar-refractivity contribution >= 4 is 23.1 Å². The zero-order valence-electron chi connectivity index (χ0n) is 14.6. The number of nitrogens with zero attached hydrogens (tertiary/aromatic N) is 5. The number of morpholine rings is 1. The summed E-state index contributed by atoms with van der Waals surface area (Å²) in [5.74, 6) is 0.901. The second-order valence-corrected chi connectivity index (χ2v) is 7.57. The zero-order chi connectivity index (χ0) is 17.4. The number of carbonyl (C=O) groups is 1. The highest BCUT2D eigenvalue weighted by Gasteiger charge is 2.37. The predicted molar refractivity (Wildman–Crippen MR) is 95.7 cm³/mol. The first-order valence-electron chi connectivity index (χ1n) is 8.70. The molecule has 2 aromatic heterocycles. The van der Waals surface area contributed by atoms with E-state index in [9.17, 15) is 4.79 Å². The van der Waals surface area contributed by atoms with Crippen LogP contribution in [0.15, 0.2) is 17.6 Å². The van der Waals surface area contributed by atoms with Crippen LogP contribution in [0.1, 0.15) is 29.6 Å². The lowest BCUT2D eigenvalue weighted by Gasteiger charge is -2.41. The zero-order valence-corrected chi connectivity index (χ0v) is 15.4. The van der Waals surface area contributed by atoms with E-state index < -0.39 is 0 Å². The van der Waals surface area contributed by atoms with E-state index >= 15 is 0 Å². The van der Waals surface area contributed by atoms with Gasteiger partial charge in [0.05, 0.1) is 12.6 Å². The highest BCUT2D eigenvalue weighted by Crippen LogP contribution is 2.29. The highest BCUT2D eigenvalue weighted by molar-refractivity contribution is 7.09. The normalized spacial score (nSPS) is 25.5. The molecule has 2 saturated heterocycles. The molecule has 25 heavy (non-hydrogen) atoms. The molecule has 2 aliphatic rings. The van der Waals surface area contributed by atoms with Gasteiger partial charge in [0.25, 0.3) is 0 Å². The number of hydrogen-bond acceptors (Lipinski definition) is 6. The van der Waals surface area contributed by atoms with Gasteiger partial charge in [-0.15, -0.1) is 11.3 Å². The minimum Gasteiger partial charge on any atom is -0.368 e. The Kier molecular flexibility index (Phi) is 4.58. The lowest BCUT2D eigenvalue weighted by atomic mass is 10.0. The van der Waals surface area contributed by atoms with E-state index in [2.05, 4.69) is 15.0 Å². The number of thiazole rings is 1. The van der Waals surface area contributed by atoms with Gasteiger partial charge in [-0.1, -0.05) is 0 Å². The average molecular weight is 361 g/mol. The van der Waals surface area contributed by atoms with Gasteiger partial charge in [-0.05, 0) is 19.8 Å². The lowest BCUT2D eigenvalue weighted by molar-refractivity contribution is -0.129. The van der Waals surface area contributed by atoms with Crippen molar-refractivity contribution < 1.29 is 9.53 Å². The highest BCUT2D eigenvalue weighted by atomic mass is 32.1. The summed E-state index contributed by atoms with van der Waals surface area (Å²) in [6, 6.07) is 1.81. The van der Waals surface area contributed by atoms with Gasteiger partial charge in [-0.3, -0.25) is 19.3 Å². The minimum atomic E-state index is -0.0942. The number of hydrogen-bond donors (Lipinski definition) is 0. The van der Waals surface area contributed by atoms with Crippen LogP contribution in [0.25, 0.3) is 0 Å². The summed E-state index contributed by atoms with van der Waals surface area (Å²) in [6.45, 7) is 4.88. The van der Waals surface area contributed by atoms with Crippen LogP contribution < -0.4 is 4.90 Å². The minimum absolute atomic E-state index is 0.0366. The van der Waals surface area contributed by atoms with Crippen LogP contribution in [-0.4, -0.2) is 57.9 Å². The molecule has 0 aromatic carbocycles. The smallest absolute Gasteiger partial charge is 0.245 e. The first-order valence-corrected chi connectivity index (χ1v) is 9.58. The van der Waals surface area contributed by atoms with Crippen molar-refractivity contribution in [2.45, 2.75) is 31.9 Å². The van der Waals surface area contributed by atoms with Crippen LogP contribution in [0.2, 0.25) is 0 Å². The molecule has 2 atom stereocenters. The summed E-state index contributed by atoms with van der Waals surface area (Å²) in [6.07, 6.45) is 3.73. The standard InChI is InChI=1S/C17H23N5O2S/c1-12-11-25-16(18-12)14-10-21(8-9-24-14)13-4-3-6-22(17(13)23)15-5-7-20(2)19-15/h5,7,11,13-14H,3-4,6,8-10H2,1-2H3/t13-,14-/m0/s1. The molecule has 0 spiro atoms.